The summed E-state index contributed by atoms with van der Waals surface area (Å²) in [7, 11) is 0. The highest BCUT2D eigenvalue weighted by Crippen LogP contribution is 2.20. The Kier molecular flexibility index (Phi) is 6.00. The molecule has 1 amide bonds. The van der Waals surface area contributed by atoms with Crippen LogP contribution in [0.15, 0.2) is 54.6 Å². The van der Waals surface area contributed by atoms with Crippen LogP contribution < -0.4 is 5.32 Å². The maximum atomic E-state index is 12.5. The van der Waals surface area contributed by atoms with Crippen molar-refractivity contribution in [2.24, 2.45) is 5.92 Å². The van der Waals surface area contributed by atoms with E-state index in [1.54, 1.807) is 12.1 Å². The van der Waals surface area contributed by atoms with Crippen molar-refractivity contribution >= 4 is 5.91 Å². The average Bonchev–Trinajstić information content (AvgIpc) is 2.69. The van der Waals surface area contributed by atoms with Crippen LogP contribution in [0, 0.1) is 17.2 Å². The molecule has 0 spiro atoms. The van der Waals surface area contributed by atoms with Gasteiger partial charge in [-0.15, -0.1) is 0 Å². The molecule has 0 aliphatic carbocycles. The van der Waals surface area contributed by atoms with E-state index in [0.717, 1.165) is 25.1 Å². The maximum absolute atomic E-state index is 12.5. The zero-order valence-electron chi connectivity index (χ0n) is 14.6. The molecule has 134 valence electrons. The molecule has 1 heterocycles. The number of nitriles is 1. The zero-order chi connectivity index (χ0) is 18.4. The second-order valence-corrected chi connectivity index (χ2v) is 6.72. The van der Waals surface area contributed by atoms with Crippen LogP contribution in [-0.4, -0.2) is 41.7 Å². The third-order valence-electron chi connectivity index (χ3n) is 4.92. The molecule has 0 aromatic heterocycles. The quantitative estimate of drug-likeness (QED) is 0.867. The molecule has 0 radical (unpaired) electrons. The van der Waals surface area contributed by atoms with Gasteiger partial charge in [0, 0.05) is 37.2 Å². The van der Waals surface area contributed by atoms with Crippen LogP contribution in [-0.2, 0) is 6.54 Å². The second kappa shape index (κ2) is 8.61. The second-order valence-electron chi connectivity index (χ2n) is 6.72. The lowest BCUT2D eigenvalue weighted by molar-refractivity contribution is 0.0730. The Bertz CT molecular complexity index is 768. The lowest BCUT2D eigenvalue weighted by atomic mass is 9.91. The fraction of sp³-hybridized carbons (Fsp3) is 0.333. The third-order valence-corrected chi connectivity index (χ3v) is 4.92. The van der Waals surface area contributed by atoms with E-state index in [-0.39, 0.29) is 24.5 Å². The average molecular weight is 349 g/mol. The molecule has 1 fully saturated rings. The van der Waals surface area contributed by atoms with Gasteiger partial charge in [-0.1, -0.05) is 30.3 Å². The van der Waals surface area contributed by atoms with Gasteiger partial charge >= 0.3 is 0 Å². The van der Waals surface area contributed by atoms with Gasteiger partial charge in [-0.2, -0.15) is 5.26 Å². The highest BCUT2D eigenvalue weighted by atomic mass is 16.3. The van der Waals surface area contributed by atoms with Gasteiger partial charge in [-0.05, 0) is 42.8 Å². The van der Waals surface area contributed by atoms with Gasteiger partial charge in [0.05, 0.1) is 11.6 Å². The SMILES string of the molecule is N#Cc1ccc(CN2CC[C@H](CO)[C@H](NC(=O)c3ccccc3)C2)cc1. The monoisotopic (exact) mass is 349 g/mol. The number of rotatable bonds is 5. The molecule has 3 rings (SSSR count). The topological polar surface area (TPSA) is 76.4 Å². The van der Waals surface area contributed by atoms with Crippen LogP contribution in [0.2, 0.25) is 0 Å². The van der Waals surface area contributed by atoms with Crippen LogP contribution in [0.5, 0.6) is 0 Å². The molecule has 0 bridgehead atoms. The van der Waals surface area contributed by atoms with E-state index in [2.05, 4.69) is 16.3 Å². The number of carbonyl (C=O) groups excluding carboxylic acids is 1. The predicted molar refractivity (Wildman–Crippen MR) is 99.3 cm³/mol. The van der Waals surface area contributed by atoms with Gasteiger partial charge in [-0.25, -0.2) is 0 Å². The number of piperidine rings is 1. The fourth-order valence-corrected chi connectivity index (χ4v) is 3.38. The summed E-state index contributed by atoms with van der Waals surface area (Å²) in [5, 5.41) is 21.7. The van der Waals surface area contributed by atoms with E-state index in [0.29, 0.717) is 17.7 Å². The number of likely N-dealkylation sites (tertiary alicyclic amines) is 1. The van der Waals surface area contributed by atoms with Crippen molar-refractivity contribution in [2.75, 3.05) is 19.7 Å². The van der Waals surface area contributed by atoms with Crippen LogP contribution >= 0.6 is 0 Å². The Hall–Kier alpha value is -2.68. The summed E-state index contributed by atoms with van der Waals surface area (Å²) in [6.45, 7) is 2.42. The maximum Gasteiger partial charge on any atom is 0.251 e. The van der Waals surface area contributed by atoms with Crippen LogP contribution in [0.4, 0.5) is 0 Å². The van der Waals surface area contributed by atoms with Crippen molar-refractivity contribution in [1.82, 2.24) is 10.2 Å². The number of carbonyl (C=O) groups is 1. The van der Waals surface area contributed by atoms with E-state index < -0.39 is 0 Å². The van der Waals surface area contributed by atoms with Crippen LogP contribution in [0.3, 0.4) is 0 Å². The molecule has 1 saturated heterocycles. The first-order valence-electron chi connectivity index (χ1n) is 8.87. The zero-order valence-corrected chi connectivity index (χ0v) is 14.6. The number of benzene rings is 2. The minimum absolute atomic E-state index is 0.0693. The van der Waals surface area contributed by atoms with Gasteiger partial charge in [0.25, 0.3) is 5.91 Å². The molecule has 2 aromatic carbocycles. The van der Waals surface area contributed by atoms with Crippen molar-refractivity contribution in [2.45, 2.75) is 19.0 Å². The summed E-state index contributed by atoms with van der Waals surface area (Å²) in [6, 6.07) is 18.8. The minimum atomic E-state index is -0.103. The third kappa shape index (κ3) is 4.48. The van der Waals surface area contributed by atoms with Crippen molar-refractivity contribution in [3.05, 3.63) is 71.3 Å². The van der Waals surface area contributed by atoms with E-state index >= 15 is 0 Å². The van der Waals surface area contributed by atoms with Gasteiger partial charge in [0.2, 0.25) is 0 Å². The molecule has 1 aliphatic rings. The van der Waals surface area contributed by atoms with E-state index in [1.807, 2.05) is 42.5 Å². The minimum Gasteiger partial charge on any atom is -0.396 e. The number of nitrogens with one attached hydrogen (secondary N) is 1. The van der Waals surface area contributed by atoms with E-state index in [9.17, 15) is 9.90 Å². The summed E-state index contributed by atoms with van der Waals surface area (Å²) in [5.41, 5.74) is 2.42. The number of hydrogen-bond donors (Lipinski definition) is 2. The molecular weight excluding hydrogens is 326 g/mol. The predicted octanol–water partition coefficient (Wildman–Crippen LogP) is 2.17. The Morgan fingerprint density at radius 3 is 2.58 bits per heavy atom. The van der Waals surface area contributed by atoms with E-state index in [4.69, 9.17) is 5.26 Å². The lowest BCUT2D eigenvalue weighted by Gasteiger charge is -2.38. The summed E-state index contributed by atoms with van der Waals surface area (Å²) in [4.78, 5) is 14.7. The molecule has 0 unspecified atom stereocenters. The van der Waals surface area contributed by atoms with Crippen LogP contribution in [0.1, 0.15) is 27.9 Å². The summed E-state index contributed by atoms with van der Waals surface area (Å²) < 4.78 is 0. The number of nitrogens with zero attached hydrogens (tertiary/aromatic N) is 2. The molecule has 2 N–H and O–H groups in total. The Labute approximate surface area is 153 Å². The first kappa shape index (κ1) is 18.1. The molecule has 5 nitrogen and oxygen atoms in total. The first-order valence-corrected chi connectivity index (χ1v) is 8.87. The highest BCUT2D eigenvalue weighted by Gasteiger charge is 2.30. The Balaban J connectivity index is 1.64. The van der Waals surface area contributed by atoms with Crippen molar-refractivity contribution in [3.63, 3.8) is 0 Å². The van der Waals surface area contributed by atoms with Crippen molar-refractivity contribution < 1.29 is 9.90 Å². The molecular formula is C21H23N3O2. The molecule has 2 aromatic rings. The number of hydrogen-bond acceptors (Lipinski definition) is 4. The summed E-state index contributed by atoms with van der Waals surface area (Å²) in [5.74, 6) is -0.0332. The molecule has 0 saturated carbocycles. The molecule has 2 atom stereocenters. The lowest BCUT2D eigenvalue weighted by Crippen LogP contribution is -2.53. The fourth-order valence-electron chi connectivity index (χ4n) is 3.38. The summed E-state index contributed by atoms with van der Waals surface area (Å²) in [6.07, 6.45) is 0.840. The number of amides is 1. The van der Waals surface area contributed by atoms with Gasteiger partial charge in [-0.3, -0.25) is 9.69 Å². The van der Waals surface area contributed by atoms with Gasteiger partial charge in [0.15, 0.2) is 0 Å². The highest BCUT2D eigenvalue weighted by molar-refractivity contribution is 5.94. The molecule has 1 aliphatic heterocycles. The van der Waals surface area contributed by atoms with Gasteiger partial charge in [0.1, 0.15) is 0 Å². The Morgan fingerprint density at radius 1 is 1.19 bits per heavy atom. The number of aliphatic hydroxyl groups excluding tert-OH is 1. The van der Waals surface area contributed by atoms with Crippen molar-refractivity contribution in [1.29, 1.82) is 5.26 Å². The number of aliphatic hydroxyl groups is 1. The van der Waals surface area contributed by atoms with Crippen LogP contribution in [0.25, 0.3) is 0 Å². The van der Waals surface area contributed by atoms with E-state index in [1.165, 1.54) is 0 Å². The first-order chi connectivity index (χ1) is 12.7. The normalized spacial score (nSPS) is 20.3. The molecule has 26 heavy (non-hydrogen) atoms. The standard InChI is InChI=1S/C21H23N3O2/c22-12-16-6-8-17(9-7-16)13-24-11-10-19(15-25)20(14-24)23-21(26)18-4-2-1-3-5-18/h1-9,19-20,25H,10-11,13-15H2,(H,23,26)/t19-,20-/m1/s1. The largest absolute Gasteiger partial charge is 0.396 e. The van der Waals surface area contributed by atoms with Crippen molar-refractivity contribution in [3.8, 4) is 6.07 Å². The van der Waals surface area contributed by atoms with Gasteiger partial charge < -0.3 is 10.4 Å². The summed E-state index contributed by atoms with van der Waals surface area (Å²) >= 11 is 0. The Morgan fingerprint density at radius 2 is 1.92 bits per heavy atom. The smallest absolute Gasteiger partial charge is 0.251 e. The molecule has 5 heteroatoms.